The van der Waals surface area contributed by atoms with Gasteiger partial charge in [-0.2, -0.15) is 0 Å². The Balaban J connectivity index is 1.30. The van der Waals surface area contributed by atoms with Crippen LogP contribution in [-0.4, -0.2) is 6.71 Å². The van der Waals surface area contributed by atoms with Crippen molar-refractivity contribution in [3.05, 3.63) is 197 Å². The van der Waals surface area contributed by atoms with Gasteiger partial charge in [-0.25, -0.2) is 0 Å². The van der Waals surface area contributed by atoms with Crippen molar-refractivity contribution in [2.75, 3.05) is 9.80 Å². The highest BCUT2D eigenvalue weighted by atomic mass is 16.5. The molecule has 73 heavy (non-hydrogen) atoms. The minimum absolute atomic E-state index is 0.0401. The first-order valence-corrected chi connectivity index (χ1v) is 24.4. The van der Waals surface area contributed by atoms with E-state index in [1.54, 1.807) is 84.6 Å². The van der Waals surface area contributed by atoms with Gasteiger partial charge in [0.1, 0.15) is 22.7 Å². The van der Waals surface area contributed by atoms with E-state index in [4.69, 9.17) is 33.8 Å². The van der Waals surface area contributed by atoms with Gasteiger partial charge in [0.2, 0.25) is 0 Å². The molecule has 0 saturated heterocycles. The normalized spacial score (nSPS) is 20.6. The Labute approximate surface area is 468 Å². The molecule has 0 spiro atoms. The second kappa shape index (κ2) is 16.8. The van der Waals surface area contributed by atoms with Crippen molar-refractivity contribution in [2.45, 2.75) is 130 Å². The van der Waals surface area contributed by atoms with E-state index >= 15 is 0 Å². The summed E-state index contributed by atoms with van der Waals surface area (Å²) in [6.07, 6.45) is 0. The maximum absolute atomic E-state index is 9.32. The fourth-order valence-electron chi connectivity index (χ4n) is 10.5. The monoisotopic (exact) mass is 983 g/mol. The van der Waals surface area contributed by atoms with Gasteiger partial charge >= 0.3 is 0 Å². The number of anilines is 6. The molecule has 11 rings (SSSR count). The molecule has 0 aliphatic carbocycles. The van der Waals surface area contributed by atoms with Gasteiger partial charge in [-0.1, -0.05) is 181 Å². The first-order valence-electron chi connectivity index (χ1n) is 36.4. The maximum atomic E-state index is 9.32. The van der Waals surface area contributed by atoms with Crippen LogP contribution in [0.3, 0.4) is 0 Å². The van der Waals surface area contributed by atoms with Crippen molar-refractivity contribution in [1.82, 2.24) is 0 Å². The molecular weight excluding hydrogens is 888 g/mol. The van der Waals surface area contributed by atoms with E-state index in [0.29, 0.717) is 55.7 Å². The van der Waals surface area contributed by atoms with Crippen molar-refractivity contribution in [2.24, 2.45) is 0 Å². The lowest BCUT2D eigenvalue weighted by Gasteiger charge is -2.42. The van der Waals surface area contributed by atoms with Crippen molar-refractivity contribution < 1.29 is 42.1 Å². The van der Waals surface area contributed by atoms with Gasteiger partial charge in [0.15, 0.2) is 0 Å². The van der Waals surface area contributed by atoms with Gasteiger partial charge in [-0.05, 0) is 145 Å². The lowest BCUT2D eigenvalue weighted by molar-refractivity contribution is 0.487. The van der Waals surface area contributed by atoms with Gasteiger partial charge in [0.05, 0.1) is 5.69 Å². The van der Waals surface area contributed by atoms with E-state index in [0.717, 1.165) is 40.6 Å². The summed E-state index contributed by atoms with van der Waals surface area (Å²) in [5.74, 6) is 0.469. The van der Waals surface area contributed by atoms with E-state index < -0.39 is 94.3 Å². The molecule has 0 N–H and O–H groups in total. The quantitative estimate of drug-likeness (QED) is 0.155. The van der Waals surface area contributed by atoms with E-state index in [9.17, 15) is 8.22 Å². The van der Waals surface area contributed by atoms with Crippen LogP contribution in [0.4, 0.5) is 34.1 Å². The summed E-state index contributed by atoms with van der Waals surface area (Å²) in [6, 6.07) is 41.5. The molecule has 1 aromatic heterocycles. The highest BCUT2D eigenvalue weighted by molar-refractivity contribution is 7.00. The number of fused-ring (bicyclic) bond motifs is 8. The van der Waals surface area contributed by atoms with Crippen molar-refractivity contribution in [3.8, 4) is 11.5 Å². The number of ether oxygens (including phenoxy) is 1. The molecule has 0 amide bonds. The number of furan rings is 1. The van der Waals surface area contributed by atoms with Crippen LogP contribution < -0.4 is 30.9 Å². The Morgan fingerprint density at radius 1 is 0.452 bits per heavy atom. The molecule has 4 nitrogen and oxygen atoms in total. The summed E-state index contributed by atoms with van der Waals surface area (Å²) in [4.78, 5) is 3.23. The SMILES string of the molecule is [2H]C([2H])([2H])c1cc(C(C)(C)C)ccc1N1c2cc(C(C)(c3ccccc3)C([2H])([2H])[2H])ccc2B2c3c(cc(N(c4ccc(C(C([2H])([2H])[2H])(C([2H])([2H])[2H])C([2H])([2H])[2H])cc4)c4ccc(C(C([2H])([2H])[2H])(C([2H])([2H])[2H])C([2H])([2H])[2H])cc4)cc31)Oc1ccc3c(oc4ccc(C(C)(C)C)cc43)c12. The van der Waals surface area contributed by atoms with E-state index in [1.807, 2.05) is 51.1 Å². The third-order valence-electron chi connectivity index (χ3n) is 14.6. The first-order chi connectivity index (χ1) is 44.3. The molecule has 2 aliphatic heterocycles. The number of hydrogen-bond donors (Lipinski definition) is 0. The molecule has 0 bridgehead atoms. The van der Waals surface area contributed by atoms with Crippen LogP contribution >= 0.6 is 0 Å². The highest BCUT2D eigenvalue weighted by Crippen LogP contribution is 2.49. The largest absolute Gasteiger partial charge is 0.458 e. The van der Waals surface area contributed by atoms with Crippen LogP contribution in [0.15, 0.2) is 162 Å². The van der Waals surface area contributed by atoms with E-state index in [2.05, 4.69) is 26.8 Å². The number of rotatable bonds is 6. The maximum Gasteiger partial charge on any atom is 0.261 e. The molecule has 3 heterocycles. The molecule has 368 valence electrons. The third-order valence-corrected chi connectivity index (χ3v) is 14.6. The zero-order chi connectivity index (χ0) is 71.7. The summed E-state index contributed by atoms with van der Waals surface area (Å²) in [6.45, 7) is -14.7. The summed E-state index contributed by atoms with van der Waals surface area (Å²) >= 11 is 0. The summed E-state index contributed by atoms with van der Waals surface area (Å²) < 4.78 is 224. The van der Waals surface area contributed by atoms with Crippen LogP contribution in [0.5, 0.6) is 11.5 Å². The summed E-state index contributed by atoms with van der Waals surface area (Å²) in [5, 5.41) is 1.55. The topological polar surface area (TPSA) is 28.9 Å². The second-order valence-corrected chi connectivity index (χ2v) is 21.8. The van der Waals surface area contributed by atoms with E-state index in [1.165, 1.54) is 29.2 Å². The third kappa shape index (κ3) is 8.24. The predicted octanol–water partition coefficient (Wildman–Crippen LogP) is 17.3. The Morgan fingerprint density at radius 3 is 1.68 bits per heavy atom. The zero-order valence-corrected chi connectivity index (χ0v) is 41.8. The van der Waals surface area contributed by atoms with Gasteiger partial charge in [-0.3, -0.25) is 0 Å². The fourth-order valence-corrected chi connectivity index (χ4v) is 10.5. The number of nitrogens with zero attached hydrogens (tertiary/aromatic N) is 2. The molecule has 0 fully saturated rings. The zero-order valence-electron chi connectivity index (χ0n) is 65.8. The summed E-state index contributed by atoms with van der Waals surface area (Å²) in [7, 11) is 0. The average Bonchev–Trinajstić information content (AvgIpc) is 1.44. The molecule has 5 heteroatoms. The second-order valence-electron chi connectivity index (χ2n) is 21.8. The Hall–Kier alpha value is -6.98. The standard InChI is InChI=1S/C68H71BN2O2/c1-42-37-46(66(8,9)10)26-34-55(42)71-56-39-48(68(14,15)45-19-17-16-18-20-45)25-33-54(56)69-61-57(71)40-51(70(49-28-21-43(22-29-49)64(2,3)4)50-30-23-44(24-31-50)65(5,6)7)41-60(61)72-59-36-32-52-53-38-47(67(11,12)13)27-35-58(53)73-63(52)62(59)69/h16-41H,1-15H3/i1D3,2D3,3D3,4D3,5D3,6D3,7D3,14D3. The van der Waals surface area contributed by atoms with Crippen molar-refractivity contribution >= 4 is 79.2 Å². The lowest BCUT2D eigenvalue weighted by Crippen LogP contribution is -2.59. The Kier molecular flexibility index (Phi) is 6.41. The molecular formula is C68H71BN2O2. The predicted molar refractivity (Wildman–Crippen MR) is 312 cm³/mol. The first kappa shape index (κ1) is 27.9. The van der Waals surface area contributed by atoms with Gasteiger partial charge in [0.25, 0.3) is 6.71 Å². The van der Waals surface area contributed by atoms with Crippen molar-refractivity contribution in [1.29, 1.82) is 0 Å². The number of aryl methyl sites for hydroxylation is 1. The lowest BCUT2D eigenvalue weighted by atomic mass is 9.34. The molecule has 1 unspecified atom stereocenters. The Morgan fingerprint density at radius 2 is 1.07 bits per heavy atom. The molecule has 0 saturated carbocycles. The van der Waals surface area contributed by atoms with Crippen LogP contribution in [-0.2, 0) is 27.1 Å². The molecule has 8 aromatic carbocycles. The molecule has 1 atom stereocenters. The molecule has 2 aliphatic rings. The molecule has 0 radical (unpaired) electrons. The van der Waals surface area contributed by atoms with Crippen LogP contribution in [0.2, 0.25) is 0 Å². The van der Waals surface area contributed by atoms with Crippen LogP contribution in [0.1, 0.15) is 168 Å². The smallest absolute Gasteiger partial charge is 0.261 e. The minimum Gasteiger partial charge on any atom is -0.458 e. The van der Waals surface area contributed by atoms with Crippen LogP contribution in [0, 0.1) is 6.85 Å². The van der Waals surface area contributed by atoms with Gasteiger partial charge < -0.3 is 19.0 Å². The van der Waals surface area contributed by atoms with E-state index in [-0.39, 0.29) is 45.2 Å². The van der Waals surface area contributed by atoms with Crippen molar-refractivity contribution in [3.63, 3.8) is 0 Å². The molecule has 9 aromatic rings. The summed E-state index contributed by atoms with van der Waals surface area (Å²) in [5.41, 5.74) is -4.85. The van der Waals surface area contributed by atoms with Crippen LogP contribution in [0.25, 0.3) is 21.9 Å². The Bertz CT molecular complexity index is 4380. The van der Waals surface area contributed by atoms with Gasteiger partial charge in [0, 0.05) is 89.1 Å². The minimum atomic E-state index is -3.67. The number of benzene rings is 8. The highest BCUT2D eigenvalue weighted by Gasteiger charge is 2.45. The number of hydrogen-bond acceptors (Lipinski definition) is 4. The average molecular weight is 983 g/mol. The fraction of sp³-hybridized carbons (Fsp3) is 0.294. The van der Waals surface area contributed by atoms with Gasteiger partial charge in [-0.15, -0.1) is 0 Å².